The zero-order valence-electron chi connectivity index (χ0n) is 9.91. The van der Waals surface area contributed by atoms with E-state index in [2.05, 4.69) is 9.97 Å². The SMILES string of the molecule is CN1C(=N)C(c2nc3cccnc3n2C)SC1=S. The molecule has 1 N–H and O–H groups in total. The van der Waals surface area contributed by atoms with Crippen LogP contribution in [0.2, 0.25) is 0 Å². The van der Waals surface area contributed by atoms with Crippen molar-refractivity contribution >= 4 is 45.3 Å². The minimum Gasteiger partial charge on any atom is -0.318 e. The first-order valence-corrected chi connectivity index (χ1v) is 6.68. The number of pyridine rings is 1. The van der Waals surface area contributed by atoms with Crippen LogP contribution in [0.25, 0.3) is 11.2 Å². The first-order valence-electron chi connectivity index (χ1n) is 5.39. The van der Waals surface area contributed by atoms with Gasteiger partial charge in [0.05, 0.1) is 0 Å². The molecule has 92 valence electrons. The average Bonchev–Trinajstić information content (AvgIpc) is 2.83. The zero-order valence-corrected chi connectivity index (χ0v) is 11.5. The Kier molecular flexibility index (Phi) is 2.60. The standard InChI is InChI=1S/C11H11N5S2/c1-15-8(12)7(18-11(15)17)10-14-6-4-3-5-13-9(6)16(10)2/h3-5,7,12H,1-2H3. The minimum absolute atomic E-state index is 0.137. The number of nitrogens with zero attached hydrogens (tertiary/aromatic N) is 4. The van der Waals surface area contributed by atoms with E-state index in [0.717, 1.165) is 17.0 Å². The molecule has 0 spiro atoms. The average molecular weight is 277 g/mol. The highest BCUT2D eigenvalue weighted by Crippen LogP contribution is 2.38. The van der Waals surface area contributed by atoms with Crippen molar-refractivity contribution in [1.82, 2.24) is 19.4 Å². The molecule has 1 unspecified atom stereocenters. The lowest BCUT2D eigenvalue weighted by atomic mass is 10.3. The van der Waals surface area contributed by atoms with E-state index in [0.29, 0.717) is 10.2 Å². The Bertz CT molecular complexity index is 662. The van der Waals surface area contributed by atoms with Crippen molar-refractivity contribution in [3.8, 4) is 0 Å². The monoisotopic (exact) mass is 277 g/mol. The van der Waals surface area contributed by atoms with Crippen LogP contribution in [0.3, 0.4) is 0 Å². The van der Waals surface area contributed by atoms with E-state index < -0.39 is 0 Å². The number of aryl methyl sites for hydroxylation is 1. The molecule has 18 heavy (non-hydrogen) atoms. The van der Waals surface area contributed by atoms with E-state index in [9.17, 15) is 0 Å². The summed E-state index contributed by atoms with van der Waals surface area (Å²) in [4.78, 5) is 10.6. The summed E-state index contributed by atoms with van der Waals surface area (Å²) in [6, 6.07) is 3.79. The summed E-state index contributed by atoms with van der Waals surface area (Å²) in [7, 11) is 3.74. The molecule has 3 rings (SSSR count). The normalized spacial score (nSPS) is 20.1. The molecular weight excluding hydrogens is 266 g/mol. The molecule has 1 aliphatic heterocycles. The maximum atomic E-state index is 8.09. The quantitative estimate of drug-likeness (QED) is 0.807. The van der Waals surface area contributed by atoms with Gasteiger partial charge in [0, 0.05) is 20.3 Å². The number of rotatable bonds is 1. The Morgan fingerprint density at radius 1 is 1.44 bits per heavy atom. The van der Waals surface area contributed by atoms with Crippen LogP contribution >= 0.6 is 24.0 Å². The van der Waals surface area contributed by atoms with Crippen molar-refractivity contribution in [3.63, 3.8) is 0 Å². The number of likely N-dealkylation sites (N-methyl/N-ethyl adjacent to an activating group) is 1. The van der Waals surface area contributed by atoms with Gasteiger partial charge in [-0.25, -0.2) is 9.97 Å². The molecule has 0 saturated carbocycles. The van der Waals surface area contributed by atoms with Gasteiger partial charge < -0.3 is 9.47 Å². The fourth-order valence-corrected chi connectivity index (χ4v) is 3.39. The van der Waals surface area contributed by atoms with Crippen molar-refractivity contribution in [1.29, 1.82) is 5.41 Å². The summed E-state index contributed by atoms with van der Waals surface area (Å²) in [5, 5.41) is 7.96. The third kappa shape index (κ3) is 1.54. The van der Waals surface area contributed by atoms with Crippen LogP contribution in [0.1, 0.15) is 11.1 Å². The minimum atomic E-state index is -0.137. The second-order valence-corrected chi connectivity index (χ2v) is 5.82. The molecule has 0 bridgehead atoms. The highest BCUT2D eigenvalue weighted by Gasteiger charge is 2.35. The summed E-state index contributed by atoms with van der Waals surface area (Å²) in [6.45, 7) is 0. The van der Waals surface area contributed by atoms with E-state index in [1.807, 2.05) is 30.8 Å². The molecule has 1 saturated heterocycles. The first kappa shape index (κ1) is 11.6. The van der Waals surface area contributed by atoms with Crippen LogP contribution in [0, 0.1) is 5.41 Å². The molecule has 0 amide bonds. The van der Waals surface area contributed by atoms with Gasteiger partial charge in [0.2, 0.25) is 0 Å². The van der Waals surface area contributed by atoms with Gasteiger partial charge in [-0.15, -0.1) is 0 Å². The number of amidine groups is 1. The largest absolute Gasteiger partial charge is 0.318 e. The van der Waals surface area contributed by atoms with Gasteiger partial charge in [-0.1, -0.05) is 24.0 Å². The number of thioether (sulfide) groups is 1. The van der Waals surface area contributed by atoms with Gasteiger partial charge >= 0.3 is 0 Å². The van der Waals surface area contributed by atoms with Crippen LogP contribution in [0.5, 0.6) is 0 Å². The highest BCUT2D eigenvalue weighted by atomic mass is 32.2. The predicted molar refractivity (Wildman–Crippen MR) is 76.9 cm³/mol. The van der Waals surface area contributed by atoms with Crippen molar-refractivity contribution in [2.45, 2.75) is 5.25 Å². The Hall–Kier alpha value is -1.47. The Morgan fingerprint density at radius 2 is 2.22 bits per heavy atom. The fraction of sp³-hybridized carbons (Fsp3) is 0.273. The molecule has 0 radical (unpaired) electrons. The molecule has 0 aliphatic carbocycles. The van der Waals surface area contributed by atoms with Crippen LogP contribution in [-0.2, 0) is 7.05 Å². The lowest BCUT2D eigenvalue weighted by Gasteiger charge is -2.11. The molecule has 3 heterocycles. The molecule has 1 aliphatic rings. The molecule has 1 fully saturated rings. The van der Waals surface area contributed by atoms with E-state index >= 15 is 0 Å². The summed E-state index contributed by atoms with van der Waals surface area (Å²) in [5.74, 6) is 1.30. The molecule has 5 nitrogen and oxygen atoms in total. The van der Waals surface area contributed by atoms with Crippen molar-refractivity contribution in [2.75, 3.05) is 7.05 Å². The zero-order chi connectivity index (χ0) is 12.9. The van der Waals surface area contributed by atoms with Crippen molar-refractivity contribution in [3.05, 3.63) is 24.2 Å². The van der Waals surface area contributed by atoms with E-state index in [-0.39, 0.29) is 5.25 Å². The van der Waals surface area contributed by atoms with Gasteiger partial charge in [-0.3, -0.25) is 5.41 Å². The number of hydrogen-bond acceptors (Lipinski definition) is 5. The van der Waals surface area contributed by atoms with Gasteiger partial charge in [0.1, 0.15) is 26.7 Å². The van der Waals surface area contributed by atoms with E-state index in [1.54, 1.807) is 11.1 Å². The topological polar surface area (TPSA) is 57.8 Å². The van der Waals surface area contributed by atoms with Gasteiger partial charge in [-0.2, -0.15) is 0 Å². The predicted octanol–water partition coefficient (Wildman–Crippen LogP) is 1.95. The van der Waals surface area contributed by atoms with Gasteiger partial charge in [0.15, 0.2) is 5.65 Å². The number of imidazole rings is 1. The summed E-state index contributed by atoms with van der Waals surface area (Å²) in [5.41, 5.74) is 1.69. The van der Waals surface area contributed by atoms with Crippen molar-refractivity contribution in [2.24, 2.45) is 7.05 Å². The second kappa shape index (κ2) is 4.03. The van der Waals surface area contributed by atoms with Crippen molar-refractivity contribution < 1.29 is 0 Å². The maximum Gasteiger partial charge on any atom is 0.159 e. The highest BCUT2D eigenvalue weighted by molar-refractivity contribution is 8.24. The van der Waals surface area contributed by atoms with E-state index in [1.165, 1.54) is 11.8 Å². The van der Waals surface area contributed by atoms with Gasteiger partial charge in [-0.05, 0) is 12.1 Å². The smallest absolute Gasteiger partial charge is 0.159 e. The lowest BCUT2D eigenvalue weighted by Crippen LogP contribution is -2.24. The molecule has 1 atom stereocenters. The van der Waals surface area contributed by atoms with Gasteiger partial charge in [0.25, 0.3) is 0 Å². The number of hydrogen-bond donors (Lipinski definition) is 1. The number of aromatic nitrogens is 3. The third-order valence-corrected chi connectivity index (χ3v) is 4.71. The lowest BCUT2D eigenvalue weighted by molar-refractivity contribution is 0.745. The molecule has 2 aromatic rings. The second-order valence-electron chi connectivity index (χ2n) is 4.08. The van der Waals surface area contributed by atoms with Crippen LogP contribution in [0.4, 0.5) is 0 Å². The summed E-state index contributed by atoms with van der Waals surface area (Å²) >= 11 is 6.70. The Morgan fingerprint density at radius 3 is 2.83 bits per heavy atom. The summed E-state index contributed by atoms with van der Waals surface area (Å²) in [6.07, 6.45) is 1.75. The van der Waals surface area contributed by atoms with E-state index in [4.69, 9.17) is 17.6 Å². The van der Waals surface area contributed by atoms with Crippen LogP contribution in [-0.4, -0.2) is 36.6 Å². The molecular formula is C11H11N5S2. The number of nitrogens with one attached hydrogen (secondary N) is 1. The van der Waals surface area contributed by atoms with Crippen LogP contribution in [0.15, 0.2) is 18.3 Å². The Balaban J connectivity index is 2.13. The maximum absolute atomic E-state index is 8.09. The Labute approximate surface area is 114 Å². The molecule has 0 aromatic carbocycles. The summed E-state index contributed by atoms with van der Waals surface area (Å²) < 4.78 is 2.65. The number of fused-ring (bicyclic) bond motifs is 1. The fourth-order valence-electron chi connectivity index (χ4n) is 1.96. The third-order valence-electron chi connectivity index (χ3n) is 3.00. The first-order chi connectivity index (χ1) is 8.59. The molecule has 7 heteroatoms. The van der Waals surface area contributed by atoms with Crippen LogP contribution < -0.4 is 0 Å². The number of thiocarbonyl (C=S) groups is 1. The molecule has 2 aromatic heterocycles.